The van der Waals surface area contributed by atoms with E-state index in [0.717, 1.165) is 5.56 Å². The first kappa shape index (κ1) is 15.0. The Kier molecular flexibility index (Phi) is 5.35. The topological polar surface area (TPSA) is 123 Å². The fourth-order valence-electron chi connectivity index (χ4n) is 1.70. The Bertz CT molecular complexity index is 461. The van der Waals surface area contributed by atoms with Gasteiger partial charge in [0.25, 0.3) is 0 Å². The van der Waals surface area contributed by atoms with Crippen LogP contribution in [0.2, 0.25) is 0 Å². The van der Waals surface area contributed by atoms with E-state index >= 15 is 0 Å². The SMILES string of the molecule is NC(Cc1ccccc1)C(=O)C(C=O)C(N)C(=O)O. The lowest BCUT2D eigenvalue weighted by molar-refractivity contribution is -0.144. The Balaban J connectivity index is 2.75. The van der Waals surface area contributed by atoms with Gasteiger partial charge in [-0.3, -0.25) is 9.59 Å². The molecule has 5 N–H and O–H groups in total. The van der Waals surface area contributed by atoms with Crippen LogP contribution in [0, 0.1) is 5.92 Å². The Morgan fingerprint density at radius 3 is 2.26 bits per heavy atom. The van der Waals surface area contributed by atoms with Gasteiger partial charge in [0.05, 0.1) is 6.04 Å². The van der Waals surface area contributed by atoms with Crippen molar-refractivity contribution in [3.05, 3.63) is 35.9 Å². The van der Waals surface area contributed by atoms with Crippen LogP contribution in [0.15, 0.2) is 30.3 Å². The highest BCUT2D eigenvalue weighted by Crippen LogP contribution is 2.08. The van der Waals surface area contributed by atoms with E-state index in [4.69, 9.17) is 16.6 Å². The van der Waals surface area contributed by atoms with Gasteiger partial charge in [0.1, 0.15) is 18.2 Å². The molecule has 0 fully saturated rings. The van der Waals surface area contributed by atoms with Crippen molar-refractivity contribution in [2.75, 3.05) is 0 Å². The summed E-state index contributed by atoms with van der Waals surface area (Å²) < 4.78 is 0. The number of aldehydes is 1. The summed E-state index contributed by atoms with van der Waals surface area (Å²) >= 11 is 0. The quantitative estimate of drug-likeness (QED) is 0.444. The number of carbonyl (C=O) groups excluding carboxylic acids is 2. The Morgan fingerprint density at radius 2 is 1.79 bits per heavy atom. The molecule has 6 nitrogen and oxygen atoms in total. The molecule has 0 amide bonds. The summed E-state index contributed by atoms with van der Waals surface area (Å²) in [4.78, 5) is 33.5. The van der Waals surface area contributed by atoms with Crippen LogP contribution in [0.1, 0.15) is 5.56 Å². The molecule has 0 aliphatic carbocycles. The molecule has 102 valence electrons. The minimum absolute atomic E-state index is 0.232. The van der Waals surface area contributed by atoms with Crippen LogP contribution in [-0.4, -0.2) is 35.2 Å². The zero-order chi connectivity index (χ0) is 14.4. The van der Waals surface area contributed by atoms with Gasteiger partial charge in [-0.25, -0.2) is 0 Å². The summed E-state index contributed by atoms with van der Waals surface area (Å²) in [6.07, 6.45) is 0.475. The second kappa shape index (κ2) is 6.77. The molecular weight excluding hydrogens is 248 g/mol. The average molecular weight is 264 g/mol. The van der Waals surface area contributed by atoms with E-state index in [1.54, 1.807) is 24.3 Å². The summed E-state index contributed by atoms with van der Waals surface area (Å²) in [6.45, 7) is 0. The lowest BCUT2D eigenvalue weighted by Gasteiger charge is -2.18. The fraction of sp³-hybridized carbons (Fsp3) is 0.308. The molecule has 0 saturated heterocycles. The van der Waals surface area contributed by atoms with Crippen LogP contribution in [0.3, 0.4) is 0 Å². The van der Waals surface area contributed by atoms with Crippen molar-refractivity contribution in [2.45, 2.75) is 18.5 Å². The van der Waals surface area contributed by atoms with Crippen molar-refractivity contribution >= 4 is 18.0 Å². The van der Waals surface area contributed by atoms with Crippen LogP contribution in [-0.2, 0) is 20.8 Å². The third-order valence-corrected chi connectivity index (χ3v) is 2.81. The minimum atomic E-state index is -1.56. The largest absolute Gasteiger partial charge is 0.480 e. The molecule has 1 aromatic rings. The maximum Gasteiger partial charge on any atom is 0.321 e. The summed E-state index contributed by atoms with van der Waals surface area (Å²) in [7, 11) is 0. The van der Waals surface area contributed by atoms with Gasteiger partial charge in [0.2, 0.25) is 0 Å². The second-order valence-electron chi connectivity index (χ2n) is 4.22. The van der Waals surface area contributed by atoms with Gasteiger partial charge in [0.15, 0.2) is 5.78 Å². The first-order valence-electron chi connectivity index (χ1n) is 5.74. The highest BCUT2D eigenvalue weighted by atomic mass is 16.4. The smallest absolute Gasteiger partial charge is 0.321 e. The number of Topliss-reactive ketones (excluding diaryl/α,β-unsaturated/α-hetero) is 1. The predicted octanol–water partition coefficient (Wildman–Crippen LogP) is -0.647. The summed E-state index contributed by atoms with van der Waals surface area (Å²) in [6, 6.07) is 6.49. The van der Waals surface area contributed by atoms with E-state index in [1.165, 1.54) is 0 Å². The van der Waals surface area contributed by atoms with Gasteiger partial charge in [-0.1, -0.05) is 30.3 Å². The summed E-state index contributed by atoms with van der Waals surface area (Å²) in [5.41, 5.74) is 11.8. The highest BCUT2D eigenvalue weighted by Gasteiger charge is 2.33. The maximum absolute atomic E-state index is 11.9. The molecule has 0 saturated carbocycles. The molecule has 0 aliphatic heterocycles. The third-order valence-electron chi connectivity index (χ3n) is 2.81. The molecule has 6 heteroatoms. The number of benzene rings is 1. The van der Waals surface area contributed by atoms with Gasteiger partial charge in [-0.15, -0.1) is 0 Å². The van der Waals surface area contributed by atoms with Crippen molar-refractivity contribution in [2.24, 2.45) is 17.4 Å². The fourth-order valence-corrected chi connectivity index (χ4v) is 1.70. The van der Waals surface area contributed by atoms with Crippen LogP contribution in [0.5, 0.6) is 0 Å². The van der Waals surface area contributed by atoms with E-state index in [2.05, 4.69) is 0 Å². The van der Waals surface area contributed by atoms with Crippen LogP contribution >= 0.6 is 0 Å². The van der Waals surface area contributed by atoms with E-state index in [9.17, 15) is 14.4 Å². The molecule has 19 heavy (non-hydrogen) atoms. The standard InChI is InChI=1S/C13H16N2O4/c14-10(6-8-4-2-1-3-5-8)12(17)9(7-16)11(15)13(18)19/h1-5,7,9-11H,6,14-15H2,(H,18,19). The lowest BCUT2D eigenvalue weighted by Crippen LogP contribution is -2.49. The van der Waals surface area contributed by atoms with E-state index in [-0.39, 0.29) is 12.7 Å². The molecule has 0 radical (unpaired) electrons. The number of carboxylic acids is 1. The van der Waals surface area contributed by atoms with Crippen molar-refractivity contribution in [1.29, 1.82) is 0 Å². The molecule has 1 rings (SSSR count). The molecule has 0 aliphatic rings. The number of hydrogen-bond donors (Lipinski definition) is 3. The summed E-state index contributed by atoms with van der Waals surface area (Å²) in [5, 5.41) is 8.73. The molecular formula is C13H16N2O4. The molecule has 0 spiro atoms. The second-order valence-corrected chi connectivity index (χ2v) is 4.22. The number of ketones is 1. The molecule has 1 aromatic carbocycles. The van der Waals surface area contributed by atoms with Crippen molar-refractivity contribution < 1.29 is 19.5 Å². The number of carbonyl (C=O) groups is 3. The number of hydrogen-bond acceptors (Lipinski definition) is 5. The number of nitrogens with two attached hydrogens (primary N) is 2. The number of carboxylic acid groups (broad SMARTS) is 1. The first-order chi connectivity index (χ1) is 8.97. The summed E-state index contributed by atoms with van der Waals surface area (Å²) in [5.74, 6) is -3.48. The van der Waals surface area contributed by atoms with E-state index in [0.29, 0.717) is 0 Å². The Morgan fingerprint density at radius 1 is 1.21 bits per heavy atom. The van der Waals surface area contributed by atoms with Crippen molar-refractivity contribution in [1.82, 2.24) is 0 Å². The van der Waals surface area contributed by atoms with Crippen molar-refractivity contribution in [3.8, 4) is 0 Å². The van der Waals surface area contributed by atoms with Gasteiger partial charge in [-0.2, -0.15) is 0 Å². The van der Waals surface area contributed by atoms with E-state index < -0.39 is 29.8 Å². The minimum Gasteiger partial charge on any atom is -0.480 e. The van der Waals surface area contributed by atoms with Gasteiger partial charge in [-0.05, 0) is 12.0 Å². The Labute approximate surface area is 110 Å². The highest BCUT2D eigenvalue weighted by molar-refractivity contribution is 6.01. The zero-order valence-corrected chi connectivity index (χ0v) is 10.2. The number of aliphatic carboxylic acids is 1. The first-order valence-corrected chi connectivity index (χ1v) is 5.74. The monoisotopic (exact) mass is 264 g/mol. The maximum atomic E-state index is 11.9. The van der Waals surface area contributed by atoms with Gasteiger partial charge in [0, 0.05) is 0 Å². The molecule has 0 bridgehead atoms. The number of rotatable bonds is 7. The molecule has 0 heterocycles. The average Bonchev–Trinajstić information content (AvgIpc) is 2.40. The Hall–Kier alpha value is -2.05. The van der Waals surface area contributed by atoms with Gasteiger partial charge < -0.3 is 21.4 Å². The normalized spacial score (nSPS) is 15.3. The third kappa shape index (κ3) is 3.97. The molecule has 3 atom stereocenters. The molecule has 3 unspecified atom stereocenters. The molecule has 0 aromatic heterocycles. The van der Waals surface area contributed by atoms with Gasteiger partial charge >= 0.3 is 5.97 Å². The zero-order valence-electron chi connectivity index (χ0n) is 10.2. The van der Waals surface area contributed by atoms with Crippen molar-refractivity contribution in [3.63, 3.8) is 0 Å². The van der Waals surface area contributed by atoms with Crippen LogP contribution in [0.4, 0.5) is 0 Å². The predicted molar refractivity (Wildman–Crippen MR) is 68.3 cm³/mol. The van der Waals surface area contributed by atoms with Crippen LogP contribution < -0.4 is 11.5 Å². The van der Waals surface area contributed by atoms with E-state index in [1.807, 2.05) is 6.07 Å². The van der Waals surface area contributed by atoms with Crippen LogP contribution in [0.25, 0.3) is 0 Å². The lowest BCUT2D eigenvalue weighted by atomic mass is 9.90.